The smallest absolute Gasteiger partial charge is 0.412 e. The molecule has 1 aromatic heterocycles. The van der Waals surface area contributed by atoms with Gasteiger partial charge in [0, 0.05) is 25.1 Å². The maximum Gasteiger partial charge on any atom is 0.412 e. The molecule has 0 fully saturated rings. The lowest BCUT2D eigenvalue weighted by molar-refractivity contribution is -0.137. The molecule has 1 aliphatic carbocycles. The van der Waals surface area contributed by atoms with Gasteiger partial charge in [-0.05, 0) is 28.7 Å². The number of ether oxygens (including phenoxy) is 1. The molecule has 182 valence electrons. The molecule has 1 aliphatic rings. The van der Waals surface area contributed by atoms with Crippen molar-refractivity contribution < 1.29 is 24.2 Å². The second kappa shape index (κ2) is 10.4. The Morgan fingerprint density at radius 1 is 1.09 bits per heavy atom. The number of aromatic nitrogens is 2. The van der Waals surface area contributed by atoms with E-state index in [4.69, 9.17) is 9.84 Å². The van der Waals surface area contributed by atoms with Crippen LogP contribution in [0.2, 0.25) is 0 Å². The van der Waals surface area contributed by atoms with Gasteiger partial charge >= 0.3 is 12.1 Å². The van der Waals surface area contributed by atoms with Crippen LogP contribution < -0.4 is 10.6 Å². The summed E-state index contributed by atoms with van der Waals surface area (Å²) in [4.78, 5) is 36.2. The van der Waals surface area contributed by atoms with Gasteiger partial charge in [0.25, 0.3) is 5.91 Å². The van der Waals surface area contributed by atoms with Crippen LogP contribution in [0.1, 0.15) is 53.7 Å². The summed E-state index contributed by atoms with van der Waals surface area (Å²) in [5, 5.41) is 18.5. The van der Waals surface area contributed by atoms with Gasteiger partial charge in [0.1, 0.15) is 12.4 Å². The van der Waals surface area contributed by atoms with Gasteiger partial charge in [0.05, 0.1) is 6.42 Å². The van der Waals surface area contributed by atoms with Crippen LogP contribution in [0.15, 0.2) is 54.6 Å². The van der Waals surface area contributed by atoms with Crippen LogP contribution in [-0.4, -0.2) is 45.5 Å². The zero-order chi connectivity index (χ0) is 24.9. The maximum atomic E-state index is 12.6. The molecule has 0 spiro atoms. The third-order valence-electron chi connectivity index (χ3n) is 6.08. The molecule has 4 rings (SSSR count). The van der Waals surface area contributed by atoms with Crippen molar-refractivity contribution in [1.29, 1.82) is 0 Å². The number of carboxylic acids is 1. The molecular formula is C26H28N4O5. The quantitative estimate of drug-likeness (QED) is 0.426. The molecule has 3 N–H and O–H groups in total. The summed E-state index contributed by atoms with van der Waals surface area (Å²) in [6.07, 6.45) is 0.443. The molecular weight excluding hydrogens is 448 g/mol. The number of amides is 2. The van der Waals surface area contributed by atoms with Gasteiger partial charge < -0.3 is 15.2 Å². The molecule has 0 radical (unpaired) electrons. The molecule has 9 heteroatoms. The molecule has 0 bridgehead atoms. The number of fused-ring (bicyclic) bond motifs is 3. The zero-order valence-electron chi connectivity index (χ0n) is 19.7. The van der Waals surface area contributed by atoms with Gasteiger partial charge in [-0.15, -0.1) is 0 Å². The first-order valence-corrected chi connectivity index (χ1v) is 11.6. The number of anilines is 1. The third kappa shape index (κ3) is 5.34. The van der Waals surface area contributed by atoms with Gasteiger partial charge in [-0.3, -0.25) is 19.6 Å². The van der Waals surface area contributed by atoms with E-state index in [-0.39, 0.29) is 30.5 Å². The van der Waals surface area contributed by atoms with E-state index in [1.807, 2.05) is 43.3 Å². The summed E-state index contributed by atoms with van der Waals surface area (Å²) in [5.74, 6) is -1.26. The van der Waals surface area contributed by atoms with Crippen molar-refractivity contribution in [1.82, 2.24) is 15.1 Å². The monoisotopic (exact) mass is 476 g/mol. The van der Waals surface area contributed by atoms with Gasteiger partial charge in [-0.1, -0.05) is 61.9 Å². The SMILES string of the molecule is CCC[C@@H](CC(=O)O)NC(=O)c1cc(NC(=O)OCC2c3ccccc3-c3ccccc32)n(C)n1. The number of nitrogens with zero attached hydrogens (tertiary/aromatic N) is 2. The van der Waals surface area contributed by atoms with Crippen molar-refractivity contribution in [3.8, 4) is 11.1 Å². The number of rotatable bonds is 9. The first-order valence-electron chi connectivity index (χ1n) is 11.6. The van der Waals surface area contributed by atoms with Crippen LogP contribution >= 0.6 is 0 Å². The highest BCUT2D eigenvalue weighted by atomic mass is 16.5. The van der Waals surface area contributed by atoms with E-state index in [2.05, 4.69) is 27.9 Å². The molecule has 3 aromatic rings. The molecule has 0 aliphatic heterocycles. The van der Waals surface area contributed by atoms with Gasteiger partial charge in [-0.2, -0.15) is 5.10 Å². The number of hydrogen-bond acceptors (Lipinski definition) is 5. The first kappa shape index (κ1) is 24.0. The fraction of sp³-hybridized carbons (Fsp3) is 0.308. The van der Waals surface area contributed by atoms with E-state index in [0.717, 1.165) is 28.7 Å². The predicted molar refractivity (Wildman–Crippen MR) is 130 cm³/mol. The van der Waals surface area contributed by atoms with Crippen LogP contribution in [0.5, 0.6) is 0 Å². The Bertz CT molecular complexity index is 1210. The van der Waals surface area contributed by atoms with Crippen LogP contribution in [0.3, 0.4) is 0 Å². The second-order valence-corrected chi connectivity index (χ2v) is 8.55. The molecule has 0 unspecified atom stereocenters. The number of benzene rings is 2. The third-order valence-corrected chi connectivity index (χ3v) is 6.08. The van der Waals surface area contributed by atoms with E-state index in [0.29, 0.717) is 6.42 Å². The number of carbonyl (C=O) groups excluding carboxylic acids is 2. The summed E-state index contributed by atoms with van der Waals surface area (Å²) >= 11 is 0. The average Bonchev–Trinajstić information content (AvgIpc) is 3.35. The Balaban J connectivity index is 1.39. The topological polar surface area (TPSA) is 123 Å². The minimum absolute atomic E-state index is 0.0641. The van der Waals surface area contributed by atoms with E-state index < -0.39 is 24.0 Å². The number of hydrogen-bond donors (Lipinski definition) is 3. The van der Waals surface area contributed by atoms with Crippen molar-refractivity contribution in [2.75, 3.05) is 11.9 Å². The van der Waals surface area contributed by atoms with Gasteiger partial charge in [0.15, 0.2) is 5.69 Å². The standard InChI is InChI=1S/C26H28N4O5/c1-3-8-16(13-24(31)32)27-25(33)22-14-23(30(2)29-22)28-26(34)35-15-21-19-11-6-4-9-17(19)18-10-5-7-12-20(18)21/h4-7,9-12,14,16,21H,3,8,13,15H2,1-2H3,(H,27,33)(H,28,34)(H,31,32)/t16-/m0/s1. The lowest BCUT2D eigenvalue weighted by atomic mass is 9.98. The summed E-state index contributed by atoms with van der Waals surface area (Å²) in [6.45, 7) is 2.08. The summed E-state index contributed by atoms with van der Waals surface area (Å²) in [7, 11) is 1.59. The maximum absolute atomic E-state index is 12.6. The Labute approximate surface area is 203 Å². The zero-order valence-corrected chi connectivity index (χ0v) is 19.7. The minimum Gasteiger partial charge on any atom is -0.481 e. The van der Waals surface area contributed by atoms with Crippen molar-refractivity contribution in [3.63, 3.8) is 0 Å². The van der Waals surface area contributed by atoms with Crippen molar-refractivity contribution in [3.05, 3.63) is 71.4 Å². The van der Waals surface area contributed by atoms with E-state index >= 15 is 0 Å². The molecule has 2 aromatic carbocycles. The van der Waals surface area contributed by atoms with Gasteiger partial charge in [-0.25, -0.2) is 4.79 Å². The molecule has 0 saturated heterocycles. The van der Waals surface area contributed by atoms with Crippen LogP contribution in [-0.2, 0) is 16.6 Å². The summed E-state index contributed by atoms with van der Waals surface area (Å²) in [6, 6.07) is 17.1. The number of aryl methyl sites for hydroxylation is 1. The van der Waals surface area contributed by atoms with Crippen LogP contribution in [0.4, 0.5) is 10.6 Å². The van der Waals surface area contributed by atoms with Crippen molar-refractivity contribution >= 4 is 23.8 Å². The average molecular weight is 477 g/mol. The lowest BCUT2D eigenvalue weighted by Gasteiger charge is -2.15. The van der Waals surface area contributed by atoms with E-state index in [1.54, 1.807) is 7.05 Å². The second-order valence-electron chi connectivity index (χ2n) is 8.55. The van der Waals surface area contributed by atoms with Gasteiger partial charge in [0.2, 0.25) is 0 Å². The number of carbonyl (C=O) groups is 3. The van der Waals surface area contributed by atoms with Crippen molar-refractivity contribution in [2.24, 2.45) is 7.05 Å². The normalized spacial score (nSPS) is 13.0. The van der Waals surface area contributed by atoms with E-state index in [9.17, 15) is 14.4 Å². The minimum atomic E-state index is -0.984. The highest BCUT2D eigenvalue weighted by Gasteiger charge is 2.29. The largest absolute Gasteiger partial charge is 0.481 e. The molecule has 35 heavy (non-hydrogen) atoms. The highest BCUT2D eigenvalue weighted by molar-refractivity contribution is 5.94. The molecule has 1 atom stereocenters. The Kier molecular flexibility index (Phi) is 7.14. The Morgan fingerprint density at radius 3 is 2.31 bits per heavy atom. The predicted octanol–water partition coefficient (Wildman–Crippen LogP) is 4.15. The fourth-order valence-electron chi connectivity index (χ4n) is 4.48. The van der Waals surface area contributed by atoms with Crippen molar-refractivity contribution in [2.45, 2.75) is 38.1 Å². The molecule has 1 heterocycles. The van der Waals surface area contributed by atoms with Crippen LogP contribution in [0.25, 0.3) is 11.1 Å². The number of nitrogens with one attached hydrogen (secondary N) is 2. The Hall–Kier alpha value is -4.14. The Morgan fingerprint density at radius 2 is 1.71 bits per heavy atom. The summed E-state index contributed by atoms with van der Waals surface area (Å²) < 4.78 is 6.92. The fourth-order valence-corrected chi connectivity index (χ4v) is 4.48. The molecule has 9 nitrogen and oxygen atoms in total. The first-order chi connectivity index (χ1) is 16.9. The van der Waals surface area contributed by atoms with E-state index in [1.165, 1.54) is 10.7 Å². The highest BCUT2D eigenvalue weighted by Crippen LogP contribution is 2.44. The molecule has 0 saturated carbocycles. The lowest BCUT2D eigenvalue weighted by Crippen LogP contribution is -2.36. The summed E-state index contributed by atoms with van der Waals surface area (Å²) in [5.41, 5.74) is 4.59. The number of carboxylic acid groups (broad SMARTS) is 1. The number of aliphatic carboxylic acids is 1. The van der Waals surface area contributed by atoms with Crippen LogP contribution in [0, 0.1) is 0 Å². The molecule has 2 amide bonds.